The molecule has 2 N–H and O–H groups in total. The maximum Gasteiger partial charge on any atom is 0.209 e. The second kappa shape index (κ2) is 8.77. The third-order valence-corrected chi connectivity index (χ3v) is 5.86. The minimum Gasteiger partial charge on any atom is -0.374 e. The average molecular weight is 301 g/mol. The SMILES string of the molecule is CCC(/C=C(\C)C#N)C1(C)CCCCCC(C)([B]N)CCC1. The van der Waals surface area contributed by atoms with Crippen LogP contribution in [0.4, 0.5) is 0 Å². The molecule has 0 aromatic carbocycles. The monoisotopic (exact) mass is 301 g/mol. The third-order valence-electron chi connectivity index (χ3n) is 5.86. The lowest BCUT2D eigenvalue weighted by Crippen LogP contribution is -2.29. The smallest absolute Gasteiger partial charge is 0.209 e. The molecule has 2 nitrogen and oxygen atoms in total. The van der Waals surface area contributed by atoms with Crippen LogP contribution < -0.4 is 5.64 Å². The van der Waals surface area contributed by atoms with Gasteiger partial charge in [0.05, 0.1) is 6.07 Å². The summed E-state index contributed by atoms with van der Waals surface area (Å²) in [6.45, 7) is 8.94. The summed E-state index contributed by atoms with van der Waals surface area (Å²) in [5, 5.41) is 9.32. The van der Waals surface area contributed by atoms with Crippen molar-refractivity contribution in [3.63, 3.8) is 0 Å². The Bertz CT molecular complexity index is 412. The van der Waals surface area contributed by atoms with Gasteiger partial charge in [-0.25, -0.2) is 0 Å². The van der Waals surface area contributed by atoms with E-state index in [-0.39, 0.29) is 5.31 Å². The molecular formula is C19H34BN2. The van der Waals surface area contributed by atoms with E-state index in [1.54, 1.807) is 0 Å². The fourth-order valence-corrected chi connectivity index (χ4v) is 4.07. The molecular weight excluding hydrogens is 267 g/mol. The normalized spacial score (nSPS) is 32.8. The van der Waals surface area contributed by atoms with Crippen molar-refractivity contribution >= 4 is 7.41 Å². The van der Waals surface area contributed by atoms with E-state index >= 15 is 0 Å². The molecule has 0 aromatic rings. The van der Waals surface area contributed by atoms with Crippen LogP contribution in [0.5, 0.6) is 0 Å². The van der Waals surface area contributed by atoms with Crippen LogP contribution in [0.3, 0.4) is 0 Å². The molecule has 123 valence electrons. The lowest BCUT2D eigenvalue weighted by molar-refractivity contribution is 0.164. The molecule has 0 aromatic heterocycles. The summed E-state index contributed by atoms with van der Waals surface area (Å²) < 4.78 is 0. The zero-order valence-electron chi connectivity index (χ0n) is 15.1. The Morgan fingerprint density at radius 1 is 1.18 bits per heavy atom. The summed E-state index contributed by atoms with van der Waals surface area (Å²) >= 11 is 0. The predicted octanol–water partition coefficient (Wildman–Crippen LogP) is 5.38. The molecule has 1 aliphatic carbocycles. The van der Waals surface area contributed by atoms with Crippen LogP contribution in [0.25, 0.3) is 0 Å². The predicted molar refractivity (Wildman–Crippen MR) is 96.5 cm³/mol. The Kier molecular flexibility index (Phi) is 7.70. The molecule has 1 aliphatic rings. The Balaban J connectivity index is 2.87. The Morgan fingerprint density at radius 2 is 1.77 bits per heavy atom. The van der Waals surface area contributed by atoms with E-state index in [0.29, 0.717) is 11.3 Å². The Morgan fingerprint density at radius 3 is 2.36 bits per heavy atom. The topological polar surface area (TPSA) is 49.8 Å². The lowest BCUT2D eigenvalue weighted by atomic mass is 9.56. The van der Waals surface area contributed by atoms with Crippen molar-refractivity contribution in [1.29, 1.82) is 5.26 Å². The van der Waals surface area contributed by atoms with Crippen LogP contribution in [0.2, 0.25) is 5.31 Å². The van der Waals surface area contributed by atoms with Crippen LogP contribution in [0.1, 0.15) is 85.5 Å². The standard InChI is InChI=1S/C19H34BN2/c1-5-17(14-16(2)15-21)18(3)10-7-6-8-12-19(4,20-22)13-9-11-18/h14,17H,5-13,22H2,1-4H3/b16-14+. The summed E-state index contributed by atoms with van der Waals surface area (Å²) in [5.74, 6) is 0.514. The lowest BCUT2D eigenvalue weighted by Gasteiger charge is -2.39. The van der Waals surface area contributed by atoms with Crippen molar-refractivity contribution in [3.05, 3.63) is 11.6 Å². The number of hydrogen-bond donors (Lipinski definition) is 1. The molecule has 0 spiro atoms. The molecule has 22 heavy (non-hydrogen) atoms. The minimum atomic E-state index is 0.207. The van der Waals surface area contributed by atoms with E-state index in [1.165, 1.54) is 51.4 Å². The zero-order chi connectivity index (χ0) is 16.6. The molecule has 0 bridgehead atoms. The van der Waals surface area contributed by atoms with E-state index in [2.05, 4.69) is 32.9 Å². The molecule has 0 aliphatic heterocycles. The van der Waals surface area contributed by atoms with Crippen LogP contribution in [0.15, 0.2) is 11.6 Å². The van der Waals surface area contributed by atoms with Gasteiger partial charge in [-0.1, -0.05) is 65.4 Å². The van der Waals surface area contributed by atoms with Gasteiger partial charge in [0.2, 0.25) is 7.41 Å². The fourth-order valence-electron chi connectivity index (χ4n) is 4.07. The van der Waals surface area contributed by atoms with E-state index in [4.69, 9.17) is 10.9 Å². The summed E-state index contributed by atoms with van der Waals surface area (Å²) in [6.07, 6.45) is 13.4. The molecule has 0 heterocycles. The Labute approximate surface area is 138 Å². The van der Waals surface area contributed by atoms with Gasteiger partial charge in [0, 0.05) is 5.57 Å². The van der Waals surface area contributed by atoms with Gasteiger partial charge < -0.3 is 5.64 Å². The quantitative estimate of drug-likeness (QED) is 0.560. The largest absolute Gasteiger partial charge is 0.374 e. The Hall–Kier alpha value is -0.745. The van der Waals surface area contributed by atoms with Crippen molar-refractivity contribution in [2.45, 2.75) is 90.8 Å². The number of nitrogens with zero attached hydrogens (tertiary/aromatic N) is 1. The number of allylic oxidation sites excluding steroid dienone is 2. The highest BCUT2D eigenvalue weighted by Gasteiger charge is 2.33. The van der Waals surface area contributed by atoms with Gasteiger partial charge in [-0.2, -0.15) is 5.26 Å². The average Bonchev–Trinajstić information content (AvgIpc) is 2.51. The summed E-state index contributed by atoms with van der Waals surface area (Å²) in [5.41, 5.74) is 7.10. The maximum absolute atomic E-state index is 9.11. The van der Waals surface area contributed by atoms with Gasteiger partial charge in [0.1, 0.15) is 0 Å². The molecule has 3 atom stereocenters. The molecule has 0 saturated heterocycles. The van der Waals surface area contributed by atoms with Crippen LogP contribution in [0, 0.1) is 22.7 Å². The van der Waals surface area contributed by atoms with Gasteiger partial charge in [0.15, 0.2) is 0 Å². The summed E-state index contributed by atoms with van der Waals surface area (Å²) in [4.78, 5) is 0. The molecule has 0 amide bonds. The van der Waals surface area contributed by atoms with Crippen LogP contribution in [-0.2, 0) is 0 Å². The minimum absolute atomic E-state index is 0.207. The van der Waals surface area contributed by atoms with E-state index in [0.717, 1.165) is 12.0 Å². The summed E-state index contributed by atoms with van der Waals surface area (Å²) in [7, 11) is 1.93. The first kappa shape index (κ1) is 19.3. The van der Waals surface area contributed by atoms with Gasteiger partial charge in [-0.3, -0.25) is 0 Å². The van der Waals surface area contributed by atoms with Crippen LogP contribution in [-0.4, -0.2) is 7.41 Å². The van der Waals surface area contributed by atoms with Crippen molar-refractivity contribution in [1.82, 2.24) is 0 Å². The van der Waals surface area contributed by atoms with E-state index in [1.807, 2.05) is 14.3 Å². The highest BCUT2D eigenvalue weighted by atomic mass is 14.4. The second-order valence-electron chi connectivity index (χ2n) is 7.87. The van der Waals surface area contributed by atoms with Gasteiger partial charge in [0.25, 0.3) is 0 Å². The third kappa shape index (κ3) is 5.47. The van der Waals surface area contributed by atoms with Crippen molar-refractivity contribution in [2.75, 3.05) is 0 Å². The van der Waals surface area contributed by atoms with E-state index < -0.39 is 0 Å². The highest BCUT2D eigenvalue weighted by Crippen LogP contribution is 2.45. The molecule has 3 unspecified atom stereocenters. The molecule has 3 heteroatoms. The van der Waals surface area contributed by atoms with Crippen molar-refractivity contribution in [2.24, 2.45) is 17.0 Å². The fraction of sp³-hybridized carbons (Fsp3) is 0.842. The molecule has 1 rings (SSSR count). The van der Waals surface area contributed by atoms with Gasteiger partial charge >= 0.3 is 0 Å². The molecule has 1 saturated carbocycles. The highest BCUT2D eigenvalue weighted by molar-refractivity contribution is 6.35. The van der Waals surface area contributed by atoms with Crippen molar-refractivity contribution in [3.8, 4) is 6.07 Å². The van der Waals surface area contributed by atoms with Crippen molar-refractivity contribution < 1.29 is 0 Å². The first-order valence-electron chi connectivity index (χ1n) is 9.04. The van der Waals surface area contributed by atoms with Gasteiger partial charge in [-0.15, -0.1) is 0 Å². The zero-order valence-corrected chi connectivity index (χ0v) is 15.1. The second-order valence-corrected chi connectivity index (χ2v) is 7.87. The van der Waals surface area contributed by atoms with E-state index in [9.17, 15) is 0 Å². The summed E-state index contributed by atoms with van der Waals surface area (Å²) in [6, 6.07) is 2.30. The number of nitriles is 1. The van der Waals surface area contributed by atoms with Crippen LogP contribution >= 0.6 is 0 Å². The first-order valence-corrected chi connectivity index (χ1v) is 9.04. The molecule has 1 fully saturated rings. The maximum atomic E-state index is 9.11. The number of nitrogens with two attached hydrogens (primary N) is 1. The number of rotatable bonds is 4. The van der Waals surface area contributed by atoms with Gasteiger partial charge in [-0.05, 0) is 42.8 Å². The molecule has 1 radical (unpaired) electrons. The number of hydrogen-bond acceptors (Lipinski definition) is 2. The first-order chi connectivity index (χ1) is 10.4.